The fourth-order valence-corrected chi connectivity index (χ4v) is 4.29. The van der Waals surface area contributed by atoms with Gasteiger partial charge in [-0.15, -0.1) is 54.1 Å². The van der Waals surface area contributed by atoms with Crippen LogP contribution >= 0.6 is 0 Å². The van der Waals surface area contributed by atoms with E-state index in [1.165, 1.54) is 0 Å². The average Bonchev–Trinajstić information content (AvgIpc) is 3.42. The topological polar surface area (TPSA) is 38.9 Å². The molecule has 3 aromatic heterocycles. The molecule has 0 atom stereocenters. The van der Waals surface area contributed by atoms with Gasteiger partial charge in [0, 0.05) is 40.6 Å². The van der Waals surface area contributed by atoms with E-state index in [1.54, 1.807) is 36.7 Å². The molecule has 0 aliphatic carbocycles. The Morgan fingerprint density at radius 2 is 1.44 bits per heavy atom. The maximum atomic E-state index is 8.62. The molecule has 0 unspecified atom stereocenters. The molecule has 7 aromatic rings. The van der Waals surface area contributed by atoms with E-state index < -0.39 is 6.37 Å². The van der Waals surface area contributed by atoms with Crippen molar-refractivity contribution in [2.45, 2.75) is 6.37 Å². The largest absolute Gasteiger partial charge is 0.501 e. The Labute approximate surface area is 244 Å². The normalized spacial score (nSPS) is 11.6. The van der Waals surface area contributed by atoms with Gasteiger partial charge in [-0.3, -0.25) is 0 Å². The third-order valence-corrected chi connectivity index (χ3v) is 6.07. The number of pyridine rings is 2. The van der Waals surface area contributed by atoms with Crippen LogP contribution in [0.5, 0.6) is 0 Å². The summed E-state index contributed by atoms with van der Waals surface area (Å²) in [6, 6.07) is 44.5. The predicted molar refractivity (Wildman–Crippen MR) is 154 cm³/mol. The van der Waals surface area contributed by atoms with E-state index in [0.717, 1.165) is 33.2 Å². The average molecular weight is 683 g/mol. The smallest absolute Gasteiger partial charge is 0.120 e. The molecule has 1 radical (unpaired) electrons. The number of para-hydroxylation sites is 1. The zero-order valence-corrected chi connectivity index (χ0v) is 23.2. The van der Waals surface area contributed by atoms with Crippen molar-refractivity contribution in [1.29, 1.82) is 0 Å². The molecule has 191 valence electrons. The van der Waals surface area contributed by atoms with Crippen LogP contribution in [0.15, 0.2) is 138 Å². The minimum atomic E-state index is -1.62. The maximum Gasteiger partial charge on any atom is 0.120 e. The predicted octanol–water partition coefficient (Wildman–Crippen LogP) is 8.59. The number of nitrogens with zero attached hydrogens (tertiary/aromatic N) is 2. The third kappa shape index (κ3) is 6.04. The Morgan fingerprint density at radius 3 is 2.26 bits per heavy atom. The summed E-state index contributed by atoms with van der Waals surface area (Å²) in [7, 11) is 0. The Balaban J connectivity index is 0.000000218. The summed E-state index contributed by atoms with van der Waals surface area (Å²) in [5.74, 6) is 0. The van der Waals surface area contributed by atoms with Crippen LogP contribution in [0, 0.1) is 12.1 Å². The molecule has 4 aromatic carbocycles. The third-order valence-electron chi connectivity index (χ3n) is 6.07. The molecule has 0 saturated heterocycles. The van der Waals surface area contributed by atoms with Gasteiger partial charge in [0.1, 0.15) is 5.58 Å². The Bertz CT molecular complexity index is 1840. The molecule has 0 aliphatic heterocycles. The van der Waals surface area contributed by atoms with E-state index in [-0.39, 0.29) is 20.1 Å². The number of rotatable bonds is 4. The molecule has 39 heavy (non-hydrogen) atoms. The standard InChI is InChI=1S/C24H16NO.C11H8N.Ir/c1-2-7-17(8-3-1)15-18-13-14-25-22(16-18)21-11-6-10-20-19-9-4-5-12-23(19)26-24(20)21;1-2-6-10(7-3-1)11-8-4-5-9-12-11;/h1-10,12-14,16H,15H2;1-6,8-9H;/q2*-1;/i15D2;;. The van der Waals surface area contributed by atoms with E-state index in [1.807, 2.05) is 97.1 Å². The Morgan fingerprint density at radius 1 is 0.641 bits per heavy atom. The van der Waals surface area contributed by atoms with Gasteiger partial charge in [0.2, 0.25) is 0 Å². The van der Waals surface area contributed by atoms with Gasteiger partial charge in [-0.2, -0.15) is 0 Å². The fourth-order valence-electron chi connectivity index (χ4n) is 4.29. The molecule has 0 fully saturated rings. The molecule has 7 rings (SSSR count). The van der Waals surface area contributed by atoms with Gasteiger partial charge in [0.15, 0.2) is 0 Å². The number of benzene rings is 4. The van der Waals surface area contributed by atoms with Crippen molar-refractivity contribution < 1.29 is 27.3 Å². The van der Waals surface area contributed by atoms with Gasteiger partial charge in [0.25, 0.3) is 0 Å². The van der Waals surface area contributed by atoms with Crippen LogP contribution in [0.2, 0.25) is 0 Å². The van der Waals surface area contributed by atoms with Crippen molar-refractivity contribution in [1.82, 2.24) is 9.97 Å². The quantitative estimate of drug-likeness (QED) is 0.175. The van der Waals surface area contributed by atoms with E-state index in [4.69, 9.17) is 7.16 Å². The molecular formula is C35H24IrN2O-2. The maximum absolute atomic E-state index is 8.62. The van der Waals surface area contributed by atoms with Crippen molar-refractivity contribution in [2.75, 3.05) is 0 Å². The second kappa shape index (κ2) is 12.4. The van der Waals surface area contributed by atoms with Crippen molar-refractivity contribution in [3.05, 3.63) is 157 Å². The second-order valence-corrected chi connectivity index (χ2v) is 8.61. The van der Waals surface area contributed by atoms with Gasteiger partial charge < -0.3 is 14.4 Å². The number of aromatic nitrogens is 2. The Kier molecular flexibility index (Phi) is 7.57. The molecule has 0 saturated carbocycles. The molecule has 0 aliphatic rings. The summed E-state index contributed by atoms with van der Waals surface area (Å²) >= 11 is 0. The summed E-state index contributed by atoms with van der Waals surface area (Å²) in [4.78, 5) is 8.70. The van der Waals surface area contributed by atoms with Crippen LogP contribution in [0.1, 0.15) is 13.9 Å². The van der Waals surface area contributed by atoms with Crippen molar-refractivity contribution in [3.63, 3.8) is 0 Å². The Hall–Kier alpha value is -4.37. The second-order valence-electron chi connectivity index (χ2n) is 8.61. The summed E-state index contributed by atoms with van der Waals surface area (Å²) in [5.41, 5.74) is 6.07. The van der Waals surface area contributed by atoms with E-state index in [2.05, 4.69) is 22.1 Å². The van der Waals surface area contributed by atoms with Crippen molar-refractivity contribution in [2.24, 2.45) is 0 Å². The zero-order chi connectivity index (χ0) is 27.4. The van der Waals surface area contributed by atoms with Crippen LogP contribution in [0.4, 0.5) is 0 Å². The number of hydrogen-bond acceptors (Lipinski definition) is 3. The van der Waals surface area contributed by atoms with Crippen LogP contribution < -0.4 is 0 Å². The molecule has 3 heterocycles. The van der Waals surface area contributed by atoms with Gasteiger partial charge in [-0.05, 0) is 47.1 Å². The first kappa shape index (κ1) is 23.7. The van der Waals surface area contributed by atoms with Crippen LogP contribution in [0.25, 0.3) is 44.5 Å². The van der Waals surface area contributed by atoms with Crippen LogP contribution in [-0.4, -0.2) is 9.97 Å². The van der Waals surface area contributed by atoms with Gasteiger partial charge in [-0.25, -0.2) is 0 Å². The molecule has 0 N–H and O–H groups in total. The minimum Gasteiger partial charge on any atom is -0.501 e. The van der Waals surface area contributed by atoms with Crippen LogP contribution in [-0.2, 0) is 26.5 Å². The summed E-state index contributed by atoms with van der Waals surface area (Å²) < 4.78 is 23.3. The fraction of sp³-hybridized carbons (Fsp3) is 0.0286. The molecule has 0 spiro atoms. The summed E-state index contributed by atoms with van der Waals surface area (Å²) in [6.45, 7) is 0. The van der Waals surface area contributed by atoms with E-state index >= 15 is 0 Å². The molecule has 3 nitrogen and oxygen atoms in total. The number of hydrogen-bond donors (Lipinski definition) is 0. The summed E-state index contributed by atoms with van der Waals surface area (Å²) in [6.07, 6.45) is 1.80. The molecule has 0 bridgehead atoms. The van der Waals surface area contributed by atoms with Crippen molar-refractivity contribution >= 4 is 21.9 Å². The van der Waals surface area contributed by atoms with Crippen LogP contribution in [0.3, 0.4) is 0 Å². The number of fused-ring (bicyclic) bond motifs is 3. The molecular weight excluding hydrogens is 657 g/mol. The van der Waals surface area contributed by atoms with Gasteiger partial charge >= 0.3 is 0 Å². The first-order valence-electron chi connectivity index (χ1n) is 13.3. The van der Waals surface area contributed by atoms with Crippen molar-refractivity contribution in [3.8, 4) is 22.5 Å². The first-order chi connectivity index (χ1) is 19.6. The van der Waals surface area contributed by atoms with Gasteiger partial charge in [-0.1, -0.05) is 77.7 Å². The van der Waals surface area contributed by atoms with E-state index in [9.17, 15) is 0 Å². The monoisotopic (exact) mass is 683 g/mol. The zero-order valence-electron chi connectivity index (χ0n) is 22.8. The number of furan rings is 1. The molecule has 0 amide bonds. The molecule has 4 heteroatoms. The SMILES string of the molecule is [2H]C([2H])(c1ccccc1)c1ccnc(-c2[c-]ccc3c2oc2ccccc23)c1.[Ir].[c-]1ccccc1-c1ccccn1. The first-order valence-corrected chi connectivity index (χ1v) is 12.3. The van der Waals surface area contributed by atoms with Gasteiger partial charge in [0.05, 0.1) is 5.58 Å². The summed E-state index contributed by atoms with van der Waals surface area (Å²) in [5, 5.41) is 2.05. The minimum absolute atomic E-state index is 0. The van der Waals surface area contributed by atoms with E-state index in [0.29, 0.717) is 22.4 Å².